The van der Waals surface area contributed by atoms with Crippen LogP contribution in [0.1, 0.15) is 39.2 Å². The number of hydrogen-bond donors (Lipinski definition) is 0. The second-order valence-electron chi connectivity index (χ2n) is 17.2. The summed E-state index contributed by atoms with van der Waals surface area (Å²) in [5, 5.41) is 4.89. The zero-order valence-corrected chi connectivity index (χ0v) is 35.3. The predicted octanol–water partition coefficient (Wildman–Crippen LogP) is 16.5. The van der Waals surface area contributed by atoms with Gasteiger partial charge in [0.15, 0.2) is 0 Å². The van der Waals surface area contributed by atoms with Crippen LogP contribution in [-0.2, 0) is 0 Å². The van der Waals surface area contributed by atoms with E-state index in [1.54, 1.807) is 0 Å². The lowest BCUT2D eigenvalue weighted by molar-refractivity contribution is 0.570. The smallest absolute Gasteiger partial charge is 0.0540 e. The molecule has 0 bridgehead atoms. The molecule has 10 rings (SSSR count). The number of allylic oxidation sites excluding steroid dienone is 11. The third-order valence-electron chi connectivity index (χ3n) is 12.8. The van der Waals surface area contributed by atoms with Crippen molar-refractivity contribution in [2.24, 2.45) is 23.7 Å². The maximum atomic E-state index is 2.49. The summed E-state index contributed by atoms with van der Waals surface area (Å²) in [7, 11) is 0. The Morgan fingerprint density at radius 1 is 0.443 bits per heavy atom. The molecular formula is C59H52N2. The van der Waals surface area contributed by atoms with E-state index in [2.05, 4.69) is 243 Å². The summed E-state index contributed by atoms with van der Waals surface area (Å²) in [5.74, 6) is 1.81. The molecule has 7 aromatic carbocycles. The molecule has 0 fully saturated rings. The Morgan fingerprint density at radius 3 is 1.84 bits per heavy atom. The summed E-state index contributed by atoms with van der Waals surface area (Å²) >= 11 is 0. The zero-order valence-electron chi connectivity index (χ0n) is 35.3. The first-order valence-electron chi connectivity index (χ1n) is 22.0. The Kier molecular flexibility index (Phi) is 10.4. The minimum Gasteiger partial charge on any atom is -0.311 e. The van der Waals surface area contributed by atoms with E-state index in [1.807, 2.05) is 0 Å². The predicted molar refractivity (Wildman–Crippen MR) is 262 cm³/mol. The highest BCUT2D eigenvalue weighted by Gasteiger charge is 2.26. The SMILES string of the molecule is CC1C=CC(c2cc(-c3ccccc3)cc(N(C3=CC(C)C(C4=CCC(C)C=C4)C=C3)c3ccc(N(c4ccc5ccccc5c4)c4cccc5ccccc45)cc3)c2)=CC1. The summed E-state index contributed by atoms with van der Waals surface area (Å²) in [6.45, 7) is 6.96. The normalized spacial score (nSPS) is 19.7. The van der Waals surface area contributed by atoms with Gasteiger partial charge in [-0.2, -0.15) is 0 Å². The van der Waals surface area contributed by atoms with Gasteiger partial charge >= 0.3 is 0 Å². The summed E-state index contributed by atoms with van der Waals surface area (Å²) < 4.78 is 0. The van der Waals surface area contributed by atoms with Crippen molar-refractivity contribution in [3.8, 4) is 11.1 Å². The van der Waals surface area contributed by atoms with E-state index in [0.29, 0.717) is 23.7 Å². The van der Waals surface area contributed by atoms with Gasteiger partial charge in [0.2, 0.25) is 0 Å². The maximum absolute atomic E-state index is 2.49. The molecule has 3 aliphatic rings. The van der Waals surface area contributed by atoms with Crippen LogP contribution in [0.3, 0.4) is 0 Å². The Hall–Kier alpha value is -6.90. The maximum Gasteiger partial charge on any atom is 0.0540 e. The Morgan fingerprint density at radius 2 is 1.10 bits per heavy atom. The number of hydrogen-bond acceptors (Lipinski definition) is 2. The van der Waals surface area contributed by atoms with Crippen molar-refractivity contribution < 1.29 is 0 Å². The van der Waals surface area contributed by atoms with E-state index in [0.717, 1.165) is 41.3 Å². The third-order valence-corrected chi connectivity index (χ3v) is 12.8. The monoisotopic (exact) mass is 788 g/mol. The number of rotatable bonds is 9. The Balaban J connectivity index is 1.12. The zero-order chi connectivity index (χ0) is 41.3. The number of benzene rings is 7. The van der Waals surface area contributed by atoms with E-state index in [9.17, 15) is 0 Å². The average Bonchev–Trinajstić information content (AvgIpc) is 3.31. The van der Waals surface area contributed by atoms with E-state index in [-0.39, 0.29) is 0 Å². The van der Waals surface area contributed by atoms with Crippen LogP contribution in [0.15, 0.2) is 224 Å². The van der Waals surface area contributed by atoms with E-state index < -0.39 is 0 Å². The van der Waals surface area contributed by atoms with E-state index in [1.165, 1.54) is 55.1 Å². The molecule has 0 radical (unpaired) electrons. The largest absolute Gasteiger partial charge is 0.311 e. The molecule has 0 saturated heterocycles. The fourth-order valence-electron chi connectivity index (χ4n) is 9.35. The van der Waals surface area contributed by atoms with Crippen molar-refractivity contribution in [2.75, 3.05) is 9.80 Å². The molecule has 0 heterocycles. The van der Waals surface area contributed by atoms with Crippen LogP contribution in [-0.4, -0.2) is 0 Å². The third kappa shape index (κ3) is 7.83. The molecule has 0 spiro atoms. The van der Waals surface area contributed by atoms with Gasteiger partial charge < -0.3 is 9.80 Å². The van der Waals surface area contributed by atoms with Gasteiger partial charge in [-0.15, -0.1) is 0 Å². The first kappa shape index (κ1) is 38.3. The van der Waals surface area contributed by atoms with Crippen molar-refractivity contribution in [3.63, 3.8) is 0 Å². The second kappa shape index (κ2) is 16.6. The fourth-order valence-corrected chi connectivity index (χ4v) is 9.35. The van der Waals surface area contributed by atoms with Crippen molar-refractivity contribution in [3.05, 3.63) is 229 Å². The van der Waals surface area contributed by atoms with Crippen LogP contribution in [0.4, 0.5) is 28.4 Å². The lowest BCUT2D eigenvalue weighted by atomic mass is 9.80. The van der Waals surface area contributed by atoms with Crippen LogP contribution in [0.2, 0.25) is 0 Å². The highest BCUT2D eigenvalue weighted by atomic mass is 15.2. The standard InChI is InChI=1S/C59H52N2/c1-41-20-24-46(25-21-41)51-37-50(44-12-5-4-6-13-44)39-56(40-51)60(54-34-35-57(43(3)36-54)48-26-22-42(2)23-27-48)52-30-32-53(33-31-52)61(55-29-28-45-14-7-8-16-49(45)38-55)59-19-11-17-47-15-9-10-18-58(47)59/h4-20,22,24-43,57H,21,23H2,1-3H3. The first-order chi connectivity index (χ1) is 29.9. The summed E-state index contributed by atoms with van der Waals surface area (Å²) in [4.78, 5) is 4.89. The molecule has 0 N–H and O–H groups in total. The molecule has 4 atom stereocenters. The molecule has 0 saturated carbocycles. The lowest BCUT2D eigenvalue weighted by Crippen LogP contribution is -2.22. The molecule has 2 nitrogen and oxygen atoms in total. The number of nitrogens with zero attached hydrogens (tertiary/aromatic N) is 2. The van der Waals surface area contributed by atoms with Gasteiger partial charge in [0.25, 0.3) is 0 Å². The van der Waals surface area contributed by atoms with E-state index in [4.69, 9.17) is 0 Å². The summed E-state index contributed by atoms with van der Waals surface area (Å²) in [6.07, 6.45) is 23.7. The van der Waals surface area contributed by atoms with Crippen LogP contribution in [0.25, 0.3) is 38.2 Å². The summed E-state index contributed by atoms with van der Waals surface area (Å²) in [5.41, 5.74) is 13.2. The highest BCUT2D eigenvalue weighted by Crippen LogP contribution is 2.44. The molecular weight excluding hydrogens is 737 g/mol. The van der Waals surface area contributed by atoms with Gasteiger partial charge in [0.05, 0.1) is 5.69 Å². The fraction of sp³-hybridized carbons (Fsp3) is 0.153. The van der Waals surface area contributed by atoms with Gasteiger partial charge in [-0.25, -0.2) is 0 Å². The molecule has 3 aliphatic carbocycles. The highest BCUT2D eigenvalue weighted by molar-refractivity contribution is 6.00. The molecule has 4 unspecified atom stereocenters. The molecule has 0 amide bonds. The number of anilines is 5. The minimum absolute atomic E-state index is 0.322. The van der Waals surface area contributed by atoms with Gasteiger partial charge in [0.1, 0.15) is 0 Å². The second-order valence-corrected chi connectivity index (χ2v) is 17.2. The van der Waals surface area contributed by atoms with Gasteiger partial charge in [-0.1, -0.05) is 166 Å². The first-order valence-corrected chi connectivity index (χ1v) is 22.0. The van der Waals surface area contributed by atoms with Crippen LogP contribution < -0.4 is 9.80 Å². The Bertz CT molecular complexity index is 2920. The minimum atomic E-state index is 0.322. The lowest BCUT2D eigenvalue weighted by Gasteiger charge is -2.33. The van der Waals surface area contributed by atoms with Crippen molar-refractivity contribution in [2.45, 2.75) is 33.6 Å². The summed E-state index contributed by atoms with van der Waals surface area (Å²) in [6, 6.07) is 57.9. The Labute approximate surface area is 361 Å². The van der Waals surface area contributed by atoms with Crippen molar-refractivity contribution in [1.29, 1.82) is 0 Å². The molecule has 298 valence electrons. The number of fused-ring (bicyclic) bond motifs is 2. The van der Waals surface area contributed by atoms with Gasteiger partial charge in [0, 0.05) is 39.8 Å². The quantitative estimate of drug-likeness (QED) is 0.144. The van der Waals surface area contributed by atoms with Crippen molar-refractivity contribution >= 4 is 55.6 Å². The average molecular weight is 789 g/mol. The van der Waals surface area contributed by atoms with E-state index >= 15 is 0 Å². The van der Waals surface area contributed by atoms with Crippen molar-refractivity contribution in [1.82, 2.24) is 0 Å². The molecule has 0 aromatic heterocycles. The topological polar surface area (TPSA) is 6.48 Å². The molecule has 7 aromatic rings. The van der Waals surface area contributed by atoms with Crippen LogP contribution in [0, 0.1) is 23.7 Å². The van der Waals surface area contributed by atoms with Crippen LogP contribution >= 0.6 is 0 Å². The van der Waals surface area contributed by atoms with Crippen LogP contribution in [0.5, 0.6) is 0 Å². The van der Waals surface area contributed by atoms with Gasteiger partial charge in [-0.3, -0.25) is 0 Å². The molecule has 61 heavy (non-hydrogen) atoms. The van der Waals surface area contributed by atoms with Gasteiger partial charge in [-0.05, 0) is 141 Å². The molecule has 2 heteroatoms. The molecule has 0 aliphatic heterocycles.